The fourth-order valence-corrected chi connectivity index (χ4v) is 8.01. The predicted octanol–water partition coefficient (Wildman–Crippen LogP) is 7.30. The molecule has 1 aromatic heterocycles. The van der Waals surface area contributed by atoms with Gasteiger partial charge in [-0.15, -0.1) is 11.3 Å². The fourth-order valence-electron chi connectivity index (χ4n) is 6.81. The number of amides is 1. The van der Waals surface area contributed by atoms with Crippen molar-refractivity contribution in [2.24, 2.45) is 5.92 Å². The van der Waals surface area contributed by atoms with Crippen LogP contribution in [0.1, 0.15) is 38.1 Å². The van der Waals surface area contributed by atoms with Crippen molar-refractivity contribution >= 4 is 69.0 Å². The molecule has 4 atom stereocenters. The molecular weight excluding hydrogens is 563 g/mol. The Labute approximate surface area is 245 Å². The molecule has 7 rings (SSSR count). The zero-order valence-electron chi connectivity index (χ0n) is 21.2. The van der Waals surface area contributed by atoms with E-state index in [9.17, 15) is 14.4 Å². The first-order valence-corrected chi connectivity index (χ1v) is 14.5. The number of carbonyl (C=O) groups excluding carboxylic acids is 3. The third-order valence-electron chi connectivity index (χ3n) is 8.40. The third-order valence-corrected chi connectivity index (χ3v) is 9.83. The molecule has 4 aromatic rings. The Hall–Kier alpha value is -3.71. The van der Waals surface area contributed by atoms with E-state index in [0.717, 1.165) is 16.8 Å². The summed E-state index contributed by atoms with van der Waals surface area (Å²) in [5.74, 6) is -1.97. The van der Waals surface area contributed by atoms with E-state index in [0.29, 0.717) is 21.2 Å². The minimum absolute atomic E-state index is 0.179. The summed E-state index contributed by atoms with van der Waals surface area (Å²) >= 11 is 14.1. The lowest BCUT2D eigenvalue weighted by Gasteiger charge is -2.39. The highest BCUT2D eigenvalue weighted by Crippen LogP contribution is 2.59. The summed E-state index contributed by atoms with van der Waals surface area (Å²) in [7, 11) is 0. The lowest BCUT2D eigenvalue weighted by Crippen LogP contribution is -2.51. The molecule has 1 saturated heterocycles. The zero-order valence-corrected chi connectivity index (χ0v) is 23.6. The average molecular weight is 586 g/mol. The summed E-state index contributed by atoms with van der Waals surface area (Å²) in [6.45, 7) is 2.00. The van der Waals surface area contributed by atoms with Crippen LogP contribution in [0, 0.1) is 5.92 Å². The minimum Gasteiger partial charge on any atom is -0.352 e. The Morgan fingerprint density at radius 1 is 0.950 bits per heavy atom. The van der Waals surface area contributed by atoms with Crippen molar-refractivity contribution in [3.63, 3.8) is 0 Å². The van der Waals surface area contributed by atoms with Crippen molar-refractivity contribution in [1.29, 1.82) is 0 Å². The number of hydrogen-bond donors (Lipinski definition) is 1. The Balaban J connectivity index is 1.57. The van der Waals surface area contributed by atoms with Crippen molar-refractivity contribution in [1.82, 2.24) is 0 Å². The molecule has 5 nitrogen and oxygen atoms in total. The van der Waals surface area contributed by atoms with Gasteiger partial charge in [0.2, 0.25) is 5.91 Å². The minimum atomic E-state index is -1.39. The molecule has 0 radical (unpaired) electrons. The van der Waals surface area contributed by atoms with Gasteiger partial charge in [0.25, 0.3) is 0 Å². The molecule has 0 saturated carbocycles. The molecule has 4 heterocycles. The van der Waals surface area contributed by atoms with Crippen molar-refractivity contribution < 1.29 is 14.4 Å². The largest absolute Gasteiger partial charge is 0.352 e. The number of carbonyl (C=O) groups is 3. The van der Waals surface area contributed by atoms with Gasteiger partial charge in [-0.3, -0.25) is 14.4 Å². The Morgan fingerprint density at radius 2 is 1.73 bits per heavy atom. The number of fused-ring (bicyclic) bond motifs is 6. The number of ketones is 2. The topological polar surface area (TPSA) is 66.5 Å². The van der Waals surface area contributed by atoms with Crippen LogP contribution in [0.25, 0.3) is 5.57 Å². The van der Waals surface area contributed by atoms with Crippen LogP contribution in [0.15, 0.2) is 90.3 Å². The van der Waals surface area contributed by atoms with Crippen molar-refractivity contribution in [2.45, 2.75) is 24.4 Å². The number of rotatable bonds is 4. The second kappa shape index (κ2) is 9.16. The molecule has 3 aliphatic heterocycles. The van der Waals surface area contributed by atoms with Crippen LogP contribution in [0.2, 0.25) is 10.0 Å². The monoisotopic (exact) mass is 584 g/mol. The summed E-state index contributed by atoms with van der Waals surface area (Å²) in [5.41, 5.74) is 2.94. The van der Waals surface area contributed by atoms with E-state index in [2.05, 4.69) is 5.32 Å². The van der Waals surface area contributed by atoms with E-state index in [-0.39, 0.29) is 28.1 Å². The lowest BCUT2D eigenvalue weighted by atomic mass is 9.64. The molecule has 8 heteroatoms. The highest BCUT2D eigenvalue weighted by atomic mass is 35.5. The predicted molar refractivity (Wildman–Crippen MR) is 160 cm³/mol. The number of nitrogens with one attached hydrogen (secondary N) is 1. The van der Waals surface area contributed by atoms with Gasteiger partial charge in [0.1, 0.15) is 11.5 Å². The van der Waals surface area contributed by atoms with Crippen LogP contribution in [0.4, 0.5) is 11.4 Å². The molecule has 0 aliphatic carbocycles. The van der Waals surface area contributed by atoms with Gasteiger partial charge < -0.3 is 10.2 Å². The van der Waals surface area contributed by atoms with Crippen molar-refractivity contribution in [3.05, 3.63) is 122 Å². The smallest absolute Gasteiger partial charge is 0.238 e. The molecule has 1 fully saturated rings. The van der Waals surface area contributed by atoms with Crippen LogP contribution in [0.5, 0.6) is 0 Å². The van der Waals surface area contributed by atoms with Gasteiger partial charge in [-0.25, -0.2) is 0 Å². The third kappa shape index (κ3) is 3.36. The van der Waals surface area contributed by atoms with Gasteiger partial charge in [-0.05, 0) is 59.8 Å². The average Bonchev–Trinajstić information content (AvgIpc) is 3.65. The second-order valence-corrected chi connectivity index (χ2v) is 12.1. The maximum Gasteiger partial charge on any atom is 0.238 e. The molecule has 1 N–H and O–H groups in total. The number of halogens is 2. The van der Waals surface area contributed by atoms with E-state index in [1.165, 1.54) is 17.4 Å². The van der Waals surface area contributed by atoms with Crippen molar-refractivity contribution in [3.8, 4) is 0 Å². The van der Waals surface area contributed by atoms with Gasteiger partial charge in [-0.2, -0.15) is 0 Å². The summed E-state index contributed by atoms with van der Waals surface area (Å²) in [4.78, 5) is 46.2. The van der Waals surface area contributed by atoms with Crippen LogP contribution in [-0.4, -0.2) is 29.6 Å². The van der Waals surface area contributed by atoms with Gasteiger partial charge in [0.15, 0.2) is 11.6 Å². The van der Waals surface area contributed by atoms with Crippen molar-refractivity contribution in [2.75, 3.05) is 10.2 Å². The summed E-state index contributed by atoms with van der Waals surface area (Å²) in [6, 6.07) is 22.0. The van der Waals surface area contributed by atoms with Gasteiger partial charge in [-0.1, -0.05) is 71.7 Å². The molecule has 1 amide bonds. The second-order valence-electron chi connectivity index (χ2n) is 10.3. The summed E-state index contributed by atoms with van der Waals surface area (Å²) in [5, 5.41) is 5.46. The molecule has 0 bridgehead atoms. The normalized spacial score (nSPS) is 24.3. The quantitative estimate of drug-likeness (QED) is 0.255. The Bertz CT molecular complexity index is 1770. The fraction of sp³-hybridized carbons (Fsp3) is 0.156. The molecular formula is C32H22Cl2N2O3S. The first-order valence-electron chi connectivity index (χ1n) is 12.9. The number of para-hydroxylation sites is 2. The first kappa shape index (κ1) is 25.3. The molecule has 3 aliphatic rings. The lowest BCUT2D eigenvalue weighted by molar-refractivity contribution is -0.121. The van der Waals surface area contributed by atoms with E-state index < -0.39 is 23.4 Å². The molecule has 198 valence electrons. The zero-order chi connectivity index (χ0) is 27.8. The Kier molecular flexibility index (Phi) is 5.79. The summed E-state index contributed by atoms with van der Waals surface area (Å²) in [6.07, 6.45) is 2.04. The number of thiophene rings is 1. The maximum absolute atomic E-state index is 14.8. The van der Waals surface area contributed by atoms with E-state index >= 15 is 0 Å². The van der Waals surface area contributed by atoms with Crippen LogP contribution < -0.4 is 10.2 Å². The van der Waals surface area contributed by atoms with Gasteiger partial charge in [0.05, 0.1) is 21.9 Å². The highest BCUT2D eigenvalue weighted by molar-refractivity contribution is 7.12. The van der Waals surface area contributed by atoms with Crippen LogP contribution in [-0.2, 0) is 10.2 Å². The van der Waals surface area contributed by atoms with E-state index in [1.54, 1.807) is 18.2 Å². The van der Waals surface area contributed by atoms with Crippen LogP contribution in [0.3, 0.4) is 0 Å². The van der Waals surface area contributed by atoms with E-state index in [1.807, 2.05) is 77.9 Å². The first-order chi connectivity index (χ1) is 19.3. The molecule has 1 spiro atoms. The van der Waals surface area contributed by atoms with E-state index in [4.69, 9.17) is 23.2 Å². The van der Waals surface area contributed by atoms with Gasteiger partial charge in [0, 0.05) is 27.5 Å². The number of Topliss-reactive ketones (excluding diaryl/α,β-unsaturated/α-hetero) is 2. The Morgan fingerprint density at radius 3 is 2.50 bits per heavy atom. The van der Waals surface area contributed by atoms with Gasteiger partial charge >= 0.3 is 0 Å². The number of allylic oxidation sites excluding steroid dienone is 1. The molecule has 3 aromatic carbocycles. The number of hydrogen-bond acceptors (Lipinski definition) is 5. The van der Waals surface area contributed by atoms with Crippen LogP contribution >= 0.6 is 34.5 Å². The molecule has 40 heavy (non-hydrogen) atoms. The number of benzene rings is 3. The molecule has 0 unspecified atom stereocenters. The maximum atomic E-state index is 14.8. The number of nitrogens with zero attached hydrogens (tertiary/aromatic N) is 1. The summed E-state index contributed by atoms with van der Waals surface area (Å²) < 4.78 is 0. The standard InChI is InChI=1S/C32H22Cl2N2O3S/c1-17-15-26-32(21-8-3-4-9-23(21)35-31(32)39)27(29(37)20-13-12-18(33)16-22(20)34)28(30(38)25-11-6-14-40-25)36(26)24-10-5-2-7-19(17)24/h2-16,26-28H,1H3,(H,35,39)/t26-,27+,28-,32-/m1/s1. The highest BCUT2D eigenvalue weighted by Gasteiger charge is 2.70. The SMILES string of the molecule is CC1=C[C@H]2N(c3ccccc31)[C@@H](C(=O)c1cccs1)[C@@H](C(=O)c1ccc(Cl)cc1Cl)[C@]21C(=O)Nc2ccccc21. The number of anilines is 2.